The number of imide groups is 1. The summed E-state index contributed by atoms with van der Waals surface area (Å²) in [6, 6.07) is 11.4. The van der Waals surface area contributed by atoms with Crippen molar-refractivity contribution in [2.24, 2.45) is 11.8 Å². The summed E-state index contributed by atoms with van der Waals surface area (Å²) in [6.07, 6.45) is 1.10. The Morgan fingerprint density at radius 2 is 1.50 bits per heavy atom. The van der Waals surface area contributed by atoms with Crippen molar-refractivity contribution in [1.82, 2.24) is 4.90 Å². The number of hydrogen-bond acceptors (Lipinski definition) is 3. The molecule has 156 valence electrons. The van der Waals surface area contributed by atoms with Crippen molar-refractivity contribution >= 4 is 23.1 Å². The third-order valence-corrected chi connectivity index (χ3v) is 6.12. The SMILES string of the molecule is Cc1ccc(C2=C(N3CC(C)CC(C)C3)C(=O)N(c3ccc(F)cc3)C2=O)cc1C. The van der Waals surface area contributed by atoms with Gasteiger partial charge >= 0.3 is 0 Å². The van der Waals surface area contributed by atoms with E-state index in [4.69, 9.17) is 0 Å². The lowest BCUT2D eigenvalue weighted by Crippen LogP contribution is -2.42. The molecule has 0 bridgehead atoms. The zero-order valence-corrected chi connectivity index (χ0v) is 17.9. The lowest BCUT2D eigenvalue weighted by molar-refractivity contribution is -0.120. The summed E-state index contributed by atoms with van der Waals surface area (Å²) in [4.78, 5) is 30.4. The molecule has 2 atom stereocenters. The molecule has 0 aliphatic carbocycles. The monoisotopic (exact) mass is 406 g/mol. The van der Waals surface area contributed by atoms with Crippen LogP contribution in [0.25, 0.3) is 5.57 Å². The summed E-state index contributed by atoms with van der Waals surface area (Å²) < 4.78 is 13.4. The van der Waals surface area contributed by atoms with Crippen molar-refractivity contribution in [1.29, 1.82) is 0 Å². The third kappa shape index (κ3) is 3.53. The van der Waals surface area contributed by atoms with Gasteiger partial charge in [-0.25, -0.2) is 9.29 Å². The lowest BCUT2D eigenvalue weighted by atomic mass is 9.90. The third-order valence-electron chi connectivity index (χ3n) is 6.12. The maximum atomic E-state index is 13.6. The Hall–Kier alpha value is -2.95. The maximum Gasteiger partial charge on any atom is 0.282 e. The van der Waals surface area contributed by atoms with E-state index in [9.17, 15) is 14.0 Å². The minimum atomic E-state index is -0.404. The maximum absolute atomic E-state index is 13.6. The van der Waals surface area contributed by atoms with Gasteiger partial charge in [0, 0.05) is 13.1 Å². The molecule has 2 aromatic rings. The van der Waals surface area contributed by atoms with E-state index >= 15 is 0 Å². The molecule has 0 saturated carbocycles. The normalized spacial score (nSPS) is 22.3. The number of benzene rings is 2. The van der Waals surface area contributed by atoms with Gasteiger partial charge in [0.25, 0.3) is 11.8 Å². The molecule has 0 N–H and O–H groups in total. The molecule has 0 aromatic heterocycles. The first-order valence-corrected chi connectivity index (χ1v) is 10.5. The van der Waals surface area contributed by atoms with Crippen LogP contribution in [0.2, 0.25) is 0 Å². The van der Waals surface area contributed by atoms with Gasteiger partial charge in [-0.05, 0) is 73.1 Å². The summed E-state index contributed by atoms with van der Waals surface area (Å²) >= 11 is 0. The van der Waals surface area contributed by atoms with Gasteiger partial charge in [0.15, 0.2) is 0 Å². The quantitative estimate of drug-likeness (QED) is 0.694. The topological polar surface area (TPSA) is 40.6 Å². The van der Waals surface area contributed by atoms with Crippen molar-refractivity contribution < 1.29 is 14.0 Å². The zero-order chi connectivity index (χ0) is 21.6. The number of anilines is 1. The van der Waals surface area contributed by atoms with E-state index in [-0.39, 0.29) is 11.8 Å². The van der Waals surface area contributed by atoms with Crippen molar-refractivity contribution in [2.45, 2.75) is 34.1 Å². The number of likely N-dealkylation sites (tertiary alicyclic amines) is 1. The summed E-state index contributed by atoms with van der Waals surface area (Å²) in [7, 11) is 0. The predicted molar refractivity (Wildman–Crippen MR) is 116 cm³/mol. The van der Waals surface area contributed by atoms with E-state index in [1.807, 2.05) is 32.0 Å². The van der Waals surface area contributed by atoms with Gasteiger partial charge in [0.2, 0.25) is 0 Å². The van der Waals surface area contributed by atoms with Crippen LogP contribution in [0.3, 0.4) is 0 Å². The molecule has 30 heavy (non-hydrogen) atoms. The highest BCUT2D eigenvalue weighted by molar-refractivity contribution is 6.45. The molecule has 1 saturated heterocycles. The van der Waals surface area contributed by atoms with Gasteiger partial charge in [-0.15, -0.1) is 0 Å². The van der Waals surface area contributed by atoms with Gasteiger partial charge in [-0.2, -0.15) is 0 Å². The van der Waals surface area contributed by atoms with E-state index in [1.54, 1.807) is 0 Å². The molecule has 2 aliphatic heterocycles. The Morgan fingerprint density at radius 1 is 0.867 bits per heavy atom. The number of aryl methyl sites for hydroxylation is 2. The van der Waals surface area contributed by atoms with E-state index in [2.05, 4.69) is 18.7 Å². The molecule has 1 fully saturated rings. The number of amides is 2. The molecule has 5 heteroatoms. The summed E-state index contributed by atoms with van der Waals surface area (Å²) in [6.45, 7) is 9.86. The fourth-order valence-electron chi connectivity index (χ4n) is 4.64. The molecule has 4 nitrogen and oxygen atoms in total. The number of halogens is 1. The summed E-state index contributed by atoms with van der Waals surface area (Å²) in [5.74, 6) is -0.217. The minimum absolute atomic E-state index is 0.332. The van der Waals surface area contributed by atoms with Crippen LogP contribution >= 0.6 is 0 Å². The number of rotatable bonds is 3. The van der Waals surface area contributed by atoms with Crippen LogP contribution in [-0.2, 0) is 9.59 Å². The predicted octanol–water partition coefficient (Wildman–Crippen LogP) is 4.70. The lowest BCUT2D eigenvalue weighted by Gasteiger charge is -2.37. The fraction of sp³-hybridized carbons (Fsp3) is 0.360. The average molecular weight is 407 g/mol. The van der Waals surface area contributed by atoms with Crippen molar-refractivity contribution in [3.8, 4) is 0 Å². The van der Waals surface area contributed by atoms with Crippen LogP contribution in [0.15, 0.2) is 48.2 Å². The van der Waals surface area contributed by atoms with Crippen molar-refractivity contribution in [2.75, 3.05) is 18.0 Å². The average Bonchev–Trinajstić information content (AvgIpc) is 2.94. The van der Waals surface area contributed by atoms with Crippen LogP contribution < -0.4 is 4.90 Å². The molecule has 0 radical (unpaired) electrons. The Bertz CT molecular complexity index is 1030. The highest BCUT2D eigenvalue weighted by Crippen LogP contribution is 2.37. The zero-order valence-electron chi connectivity index (χ0n) is 17.9. The van der Waals surface area contributed by atoms with E-state index in [0.717, 1.165) is 36.2 Å². The Kier molecular flexibility index (Phi) is 5.22. The Balaban J connectivity index is 1.85. The van der Waals surface area contributed by atoms with Gasteiger partial charge in [0.05, 0.1) is 11.3 Å². The number of hydrogen-bond donors (Lipinski definition) is 0. The number of carbonyl (C=O) groups is 2. The molecule has 2 aliphatic rings. The standard InChI is InChI=1S/C25H27FN2O2/c1-15-11-16(2)14-27(13-15)23-22(19-6-5-17(3)18(4)12-19)24(29)28(25(23)30)21-9-7-20(26)8-10-21/h5-10,12,15-16H,11,13-14H2,1-4H3. The first-order valence-electron chi connectivity index (χ1n) is 10.5. The van der Waals surface area contributed by atoms with Crippen LogP contribution in [0.1, 0.15) is 37.0 Å². The van der Waals surface area contributed by atoms with Crippen LogP contribution in [-0.4, -0.2) is 29.8 Å². The summed E-state index contributed by atoms with van der Waals surface area (Å²) in [5.41, 5.74) is 4.25. The first-order chi connectivity index (χ1) is 14.3. The Morgan fingerprint density at radius 3 is 2.10 bits per heavy atom. The van der Waals surface area contributed by atoms with Gasteiger partial charge in [0.1, 0.15) is 11.5 Å². The largest absolute Gasteiger partial charge is 0.366 e. The fourth-order valence-corrected chi connectivity index (χ4v) is 4.64. The first kappa shape index (κ1) is 20.3. The van der Waals surface area contributed by atoms with Gasteiger partial charge in [-0.3, -0.25) is 9.59 Å². The van der Waals surface area contributed by atoms with Crippen LogP contribution in [0.5, 0.6) is 0 Å². The molecular weight excluding hydrogens is 379 g/mol. The number of nitrogens with zero attached hydrogens (tertiary/aromatic N) is 2. The van der Waals surface area contributed by atoms with E-state index in [1.165, 1.54) is 29.2 Å². The molecule has 4 rings (SSSR count). The second-order valence-electron chi connectivity index (χ2n) is 8.80. The van der Waals surface area contributed by atoms with E-state index < -0.39 is 5.82 Å². The highest BCUT2D eigenvalue weighted by Gasteiger charge is 2.43. The number of piperidine rings is 1. The molecule has 2 aromatic carbocycles. The second kappa shape index (κ2) is 7.71. The minimum Gasteiger partial charge on any atom is -0.366 e. The van der Waals surface area contributed by atoms with Gasteiger partial charge < -0.3 is 4.90 Å². The summed E-state index contributed by atoms with van der Waals surface area (Å²) in [5, 5.41) is 0. The molecule has 2 unspecified atom stereocenters. The number of carbonyl (C=O) groups excluding carboxylic acids is 2. The van der Waals surface area contributed by atoms with Crippen LogP contribution in [0, 0.1) is 31.5 Å². The van der Waals surface area contributed by atoms with Crippen molar-refractivity contribution in [3.05, 3.63) is 70.7 Å². The molecule has 2 heterocycles. The van der Waals surface area contributed by atoms with Crippen LogP contribution in [0.4, 0.5) is 10.1 Å². The van der Waals surface area contributed by atoms with Crippen molar-refractivity contribution in [3.63, 3.8) is 0 Å². The second-order valence-corrected chi connectivity index (χ2v) is 8.80. The molecule has 0 spiro atoms. The Labute approximate surface area is 177 Å². The van der Waals surface area contributed by atoms with Gasteiger partial charge in [-0.1, -0.05) is 32.0 Å². The smallest absolute Gasteiger partial charge is 0.282 e. The highest BCUT2D eigenvalue weighted by atomic mass is 19.1. The van der Waals surface area contributed by atoms with E-state index in [0.29, 0.717) is 28.8 Å². The molecular formula is C25H27FN2O2. The molecule has 2 amide bonds.